The molecule has 1 aromatic heterocycles. The van der Waals surface area contributed by atoms with Crippen LogP contribution in [0.4, 0.5) is 18.0 Å². The number of rotatable bonds is 6. The highest BCUT2D eigenvalue weighted by Crippen LogP contribution is 2.40. The number of ether oxygens (including phenoxy) is 2. The molecule has 0 unspecified atom stereocenters. The van der Waals surface area contributed by atoms with E-state index < -0.39 is 18.2 Å². The number of amides is 2. The Morgan fingerprint density at radius 3 is 2.30 bits per heavy atom. The zero-order valence-electron chi connectivity index (χ0n) is 18.4. The van der Waals surface area contributed by atoms with Gasteiger partial charge in [0.05, 0.1) is 12.8 Å². The van der Waals surface area contributed by atoms with Gasteiger partial charge in [0.25, 0.3) is 5.88 Å². The van der Waals surface area contributed by atoms with E-state index in [1.54, 1.807) is 0 Å². The second-order valence-electron chi connectivity index (χ2n) is 7.79. The topological polar surface area (TPSA) is 94.8 Å². The van der Waals surface area contributed by atoms with Gasteiger partial charge in [-0.3, -0.25) is 4.79 Å². The van der Waals surface area contributed by atoms with E-state index in [0.717, 1.165) is 16.0 Å². The van der Waals surface area contributed by atoms with Gasteiger partial charge in [0.15, 0.2) is 5.75 Å². The average Bonchev–Trinajstić information content (AvgIpc) is 2.79. The van der Waals surface area contributed by atoms with Crippen molar-refractivity contribution in [3.63, 3.8) is 0 Å². The first kappa shape index (κ1) is 24.3. The Balaban J connectivity index is 2.01. The van der Waals surface area contributed by atoms with Crippen molar-refractivity contribution >= 4 is 12.0 Å². The minimum absolute atomic E-state index is 0.0241. The van der Waals surface area contributed by atoms with Crippen LogP contribution in [-0.2, 0) is 17.6 Å². The summed E-state index contributed by atoms with van der Waals surface area (Å²) in [6, 6.07) is 9.53. The Kier molecular flexibility index (Phi) is 7.45. The van der Waals surface area contributed by atoms with Crippen molar-refractivity contribution in [1.82, 2.24) is 9.88 Å². The first-order valence-electron chi connectivity index (χ1n) is 10.6. The summed E-state index contributed by atoms with van der Waals surface area (Å²) in [6.45, 7) is 1.88. The van der Waals surface area contributed by atoms with Crippen molar-refractivity contribution in [2.45, 2.75) is 44.7 Å². The Morgan fingerprint density at radius 1 is 1.15 bits per heavy atom. The highest BCUT2D eigenvalue weighted by molar-refractivity contribution is 5.82. The number of methoxy groups -OCH3 is 1. The molecule has 2 amide bonds. The number of benzene rings is 1. The van der Waals surface area contributed by atoms with Gasteiger partial charge in [-0.25, -0.2) is 9.78 Å². The fourth-order valence-electron chi connectivity index (χ4n) is 4.25. The molecule has 2 N–H and O–H groups in total. The van der Waals surface area contributed by atoms with Crippen molar-refractivity contribution in [2.24, 2.45) is 5.73 Å². The molecule has 33 heavy (non-hydrogen) atoms. The number of hydrogen-bond donors (Lipinski definition) is 1. The van der Waals surface area contributed by atoms with Crippen molar-refractivity contribution in [3.8, 4) is 11.6 Å². The molecule has 1 fully saturated rings. The Bertz CT molecular complexity index is 1000. The van der Waals surface area contributed by atoms with Crippen LogP contribution in [0.15, 0.2) is 30.3 Å². The van der Waals surface area contributed by atoms with Crippen molar-refractivity contribution < 1.29 is 32.2 Å². The van der Waals surface area contributed by atoms with Crippen LogP contribution < -0.4 is 15.2 Å². The number of carbonyl (C=O) groups excluding carboxylic acids is 2. The molecule has 3 rings (SSSR count). The maximum absolute atomic E-state index is 12.8. The minimum atomic E-state index is -4.89. The first-order chi connectivity index (χ1) is 15.7. The van der Waals surface area contributed by atoms with Crippen LogP contribution in [-0.4, -0.2) is 48.3 Å². The van der Waals surface area contributed by atoms with Gasteiger partial charge in [0.1, 0.15) is 0 Å². The summed E-state index contributed by atoms with van der Waals surface area (Å²) in [6.07, 6.45) is -4.27. The zero-order valence-corrected chi connectivity index (χ0v) is 18.4. The van der Waals surface area contributed by atoms with Crippen molar-refractivity contribution in [2.75, 3.05) is 20.2 Å². The van der Waals surface area contributed by atoms with E-state index in [4.69, 9.17) is 15.2 Å². The maximum atomic E-state index is 12.8. The highest BCUT2D eigenvalue weighted by atomic mass is 19.4. The zero-order chi connectivity index (χ0) is 24.2. The summed E-state index contributed by atoms with van der Waals surface area (Å²) in [5.41, 5.74) is 8.45. The standard InChI is InChI=1S/C23H26F3N3O4/c1-3-16-17(13-14-7-5-4-6-8-14)19(33-22(27)31)20(32-2)28-18(16)15-9-11-29(12-10-15)21(30)23(24,25)26/h4-8,15H,3,9-13H2,1-2H3,(H2,27,31). The van der Waals surface area contributed by atoms with Gasteiger partial charge in [-0.2, -0.15) is 13.2 Å². The molecule has 2 aromatic rings. The number of pyridine rings is 1. The third-order valence-corrected chi connectivity index (χ3v) is 5.75. The minimum Gasteiger partial charge on any atom is -0.478 e. The van der Waals surface area contributed by atoms with Crippen LogP contribution in [0, 0.1) is 0 Å². The molecule has 1 saturated heterocycles. The lowest BCUT2D eigenvalue weighted by Gasteiger charge is -2.33. The fourth-order valence-corrected chi connectivity index (χ4v) is 4.25. The number of piperidine rings is 1. The number of hydrogen-bond acceptors (Lipinski definition) is 5. The second-order valence-corrected chi connectivity index (χ2v) is 7.79. The maximum Gasteiger partial charge on any atom is 0.471 e. The van der Waals surface area contributed by atoms with Crippen LogP contribution in [0.3, 0.4) is 0 Å². The van der Waals surface area contributed by atoms with Crippen LogP contribution >= 0.6 is 0 Å². The molecule has 10 heteroatoms. The van der Waals surface area contributed by atoms with E-state index in [1.165, 1.54) is 7.11 Å². The average molecular weight is 465 g/mol. The number of likely N-dealkylation sites (tertiary alicyclic amines) is 1. The summed E-state index contributed by atoms with van der Waals surface area (Å²) < 4.78 is 49.1. The predicted molar refractivity (Wildman–Crippen MR) is 114 cm³/mol. The van der Waals surface area contributed by atoms with Gasteiger partial charge in [-0.1, -0.05) is 37.3 Å². The molecule has 2 heterocycles. The van der Waals surface area contributed by atoms with E-state index in [1.807, 2.05) is 37.3 Å². The molecular formula is C23H26F3N3O4. The van der Waals surface area contributed by atoms with Crippen molar-refractivity contribution in [3.05, 3.63) is 52.7 Å². The fraction of sp³-hybridized carbons (Fsp3) is 0.435. The number of primary amides is 1. The lowest BCUT2D eigenvalue weighted by atomic mass is 9.86. The highest BCUT2D eigenvalue weighted by Gasteiger charge is 2.43. The number of aromatic nitrogens is 1. The van der Waals surface area contributed by atoms with Crippen LogP contribution in [0.2, 0.25) is 0 Å². The SMILES string of the molecule is CCc1c(C2CCN(C(=O)C(F)(F)F)CC2)nc(OC)c(OC(N)=O)c1Cc1ccccc1. The van der Waals surface area contributed by atoms with E-state index >= 15 is 0 Å². The van der Waals surface area contributed by atoms with E-state index in [9.17, 15) is 22.8 Å². The molecule has 178 valence electrons. The summed E-state index contributed by atoms with van der Waals surface area (Å²) in [7, 11) is 1.39. The summed E-state index contributed by atoms with van der Waals surface area (Å²) in [5.74, 6) is -1.78. The first-order valence-corrected chi connectivity index (χ1v) is 10.6. The normalized spacial score (nSPS) is 14.8. The van der Waals surface area contributed by atoms with Crippen LogP contribution in [0.5, 0.6) is 11.6 Å². The van der Waals surface area contributed by atoms with Crippen molar-refractivity contribution in [1.29, 1.82) is 0 Å². The number of carbonyl (C=O) groups is 2. The third-order valence-electron chi connectivity index (χ3n) is 5.75. The van der Waals surface area contributed by atoms with Crippen LogP contribution in [0.1, 0.15) is 48.1 Å². The lowest BCUT2D eigenvalue weighted by molar-refractivity contribution is -0.186. The molecule has 0 spiro atoms. The van der Waals surface area contributed by atoms with E-state index in [0.29, 0.717) is 36.9 Å². The second kappa shape index (κ2) is 10.1. The monoisotopic (exact) mass is 465 g/mol. The molecule has 0 bridgehead atoms. The third kappa shape index (κ3) is 5.55. The molecule has 0 saturated carbocycles. The Morgan fingerprint density at radius 2 is 1.79 bits per heavy atom. The van der Waals surface area contributed by atoms with E-state index in [-0.39, 0.29) is 30.6 Å². The van der Waals surface area contributed by atoms with Gasteiger partial charge in [0.2, 0.25) is 0 Å². The molecule has 0 radical (unpaired) electrons. The predicted octanol–water partition coefficient (Wildman–Crippen LogP) is 3.97. The smallest absolute Gasteiger partial charge is 0.471 e. The van der Waals surface area contributed by atoms with Crippen LogP contribution in [0.25, 0.3) is 0 Å². The number of alkyl halides is 3. The summed E-state index contributed by atoms with van der Waals surface area (Å²) >= 11 is 0. The van der Waals surface area contributed by atoms with Gasteiger partial charge in [-0.05, 0) is 30.4 Å². The molecule has 0 aliphatic carbocycles. The number of halogens is 3. The molecule has 1 aliphatic heterocycles. The lowest BCUT2D eigenvalue weighted by Crippen LogP contribution is -2.45. The molecule has 1 aliphatic rings. The number of nitrogens with two attached hydrogens (primary N) is 1. The molecular weight excluding hydrogens is 439 g/mol. The quantitative estimate of drug-likeness (QED) is 0.697. The Labute approximate surface area is 189 Å². The van der Waals surface area contributed by atoms with Gasteiger partial charge in [0, 0.05) is 31.0 Å². The summed E-state index contributed by atoms with van der Waals surface area (Å²) in [5, 5.41) is 0. The molecule has 1 aromatic carbocycles. The largest absolute Gasteiger partial charge is 0.478 e. The molecule has 0 atom stereocenters. The van der Waals surface area contributed by atoms with Gasteiger partial charge in [-0.15, -0.1) is 0 Å². The Hall–Kier alpha value is -3.30. The number of nitrogens with zero attached hydrogens (tertiary/aromatic N) is 2. The summed E-state index contributed by atoms with van der Waals surface area (Å²) in [4.78, 5) is 28.6. The van der Waals surface area contributed by atoms with Gasteiger partial charge >= 0.3 is 18.2 Å². The molecule has 7 nitrogen and oxygen atoms in total. The van der Waals surface area contributed by atoms with Gasteiger partial charge < -0.3 is 20.1 Å². The van der Waals surface area contributed by atoms with E-state index in [2.05, 4.69) is 4.98 Å².